The number of unbranched alkanes of at least 4 members (excludes halogenated alkanes) is 3. The number of likely N-dealkylation sites (N-methyl/N-ethyl adjacent to an activating group) is 1. The summed E-state index contributed by atoms with van der Waals surface area (Å²) in [6, 6.07) is -0.251. The normalized spacial score (nSPS) is 28.0. The molecular formula is C74H93Cl2N11O23. The zero-order valence-electron chi connectivity index (χ0n) is 60.8. The second-order valence-corrected chi connectivity index (χ2v) is 29.2. The molecule has 22 N–H and O–H groups in total. The minimum absolute atomic E-state index is 0.0837. The number of aliphatic carboxylic acids is 1. The fraction of sp³-hybridized carbons (Fsp3) is 0.486. The highest BCUT2D eigenvalue weighted by molar-refractivity contribution is 6.32. The molecule has 110 heavy (non-hydrogen) atoms. The number of hydrogen-bond donors (Lipinski definition) is 20. The highest BCUT2D eigenvalue weighted by Gasteiger charge is 2.52. The van der Waals surface area contributed by atoms with Crippen molar-refractivity contribution in [1.29, 1.82) is 0 Å². The molecule has 11 bridgehead atoms. The first-order valence-electron chi connectivity index (χ1n) is 35.9. The van der Waals surface area contributed by atoms with Crippen molar-refractivity contribution < 1.29 is 113 Å². The van der Waals surface area contributed by atoms with Gasteiger partial charge in [0.15, 0.2) is 29.9 Å². The predicted molar refractivity (Wildman–Crippen MR) is 392 cm³/mol. The number of halogens is 2. The molecule has 36 heteroatoms. The third-order valence-corrected chi connectivity index (χ3v) is 20.4. The number of aliphatic hydroxyl groups excluding tert-OH is 5. The lowest BCUT2D eigenvalue weighted by Crippen LogP contribution is -2.66. The van der Waals surface area contributed by atoms with Crippen molar-refractivity contribution >= 4 is 70.5 Å². The number of aromatic hydroxyl groups is 3. The van der Waals surface area contributed by atoms with Crippen molar-refractivity contribution in [3.05, 3.63) is 117 Å². The summed E-state index contributed by atoms with van der Waals surface area (Å²) in [6.45, 7) is 10.4. The van der Waals surface area contributed by atoms with Crippen LogP contribution in [0.1, 0.15) is 138 Å². The van der Waals surface area contributed by atoms with Gasteiger partial charge in [-0.25, -0.2) is 4.79 Å². The Balaban J connectivity index is 1.20. The average molecular weight is 1580 g/mol. The number of nitrogens with two attached hydrogens (primary N) is 2. The number of carbonyl (C=O) groups excluding carboxylic acids is 7. The van der Waals surface area contributed by atoms with Crippen LogP contribution in [0, 0.1) is 5.92 Å². The molecule has 34 nitrogen and oxygen atoms in total. The fourth-order valence-corrected chi connectivity index (χ4v) is 14.4. The van der Waals surface area contributed by atoms with Crippen molar-refractivity contribution in [3.63, 3.8) is 0 Å². The van der Waals surface area contributed by atoms with Crippen LogP contribution in [0.5, 0.6) is 46.0 Å². The van der Waals surface area contributed by atoms with Crippen LogP contribution < -0.4 is 73.5 Å². The number of amides is 7. The van der Waals surface area contributed by atoms with E-state index in [9.17, 15) is 69.9 Å². The number of hydrogen-bond acceptors (Lipinski definition) is 26. The Labute approximate surface area is 641 Å². The van der Waals surface area contributed by atoms with Crippen molar-refractivity contribution in [2.75, 3.05) is 33.2 Å². The smallest absolute Gasteiger partial charge is 0.330 e. The number of carbonyl (C=O) groups is 8. The minimum Gasteiger partial charge on any atom is -0.508 e. The number of phenolic OH excluding ortho intramolecular Hbond substituents is 3. The van der Waals surface area contributed by atoms with E-state index in [2.05, 4.69) is 54.8 Å². The molecule has 2 saturated heterocycles. The van der Waals surface area contributed by atoms with Gasteiger partial charge in [-0.2, -0.15) is 0 Å². The van der Waals surface area contributed by atoms with Gasteiger partial charge in [0.25, 0.3) is 0 Å². The number of phenols is 3. The van der Waals surface area contributed by atoms with Gasteiger partial charge < -0.3 is 134 Å². The van der Waals surface area contributed by atoms with E-state index >= 15 is 14.4 Å². The van der Waals surface area contributed by atoms with Crippen molar-refractivity contribution in [3.8, 4) is 57.1 Å². The van der Waals surface area contributed by atoms with Crippen molar-refractivity contribution in [2.24, 2.45) is 17.4 Å². The summed E-state index contributed by atoms with van der Waals surface area (Å²) in [5.41, 5.74) is 8.15. The lowest BCUT2D eigenvalue weighted by molar-refractivity contribution is -0.331. The third-order valence-electron chi connectivity index (χ3n) is 19.8. The quantitative estimate of drug-likeness (QED) is 0.0440. The molecule has 0 radical (unpaired) electrons. The van der Waals surface area contributed by atoms with Gasteiger partial charge in [0, 0.05) is 54.4 Å². The lowest BCUT2D eigenvalue weighted by atomic mass is 9.85. The van der Waals surface area contributed by atoms with E-state index in [0.717, 1.165) is 92.9 Å². The Kier molecular flexibility index (Phi) is 27.1. The zero-order chi connectivity index (χ0) is 79.9. The Morgan fingerprint density at radius 3 is 1.95 bits per heavy atom. The first-order valence-corrected chi connectivity index (χ1v) is 36.7. The number of nitrogens with one attached hydrogen (secondary N) is 9. The number of carboxylic acids is 1. The highest BCUT2D eigenvalue weighted by Crippen LogP contribution is 2.50. The number of fused-ring (bicyclic) bond motifs is 15. The van der Waals surface area contributed by atoms with E-state index < -0.39 is 231 Å². The van der Waals surface area contributed by atoms with Crippen molar-refractivity contribution in [2.45, 2.75) is 189 Å². The topological polar surface area (TPSA) is 534 Å². The number of primary amides is 1. The van der Waals surface area contributed by atoms with Crippen LogP contribution in [0.4, 0.5) is 0 Å². The maximum atomic E-state index is 16.2. The van der Waals surface area contributed by atoms with Crippen LogP contribution >= 0.6 is 23.2 Å². The largest absolute Gasteiger partial charge is 0.508 e. The molecule has 5 aromatic rings. The summed E-state index contributed by atoms with van der Waals surface area (Å²) in [6.07, 6.45) is -13.3. The maximum Gasteiger partial charge on any atom is 0.330 e. The molecule has 7 aliphatic heterocycles. The molecule has 7 heterocycles. The number of benzene rings is 5. The zero-order valence-corrected chi connectivity index (χ0v) is 62.3. The number of rotatable bonds is 22. The fourth-order valence-electron chi connectivity index (χ4n) is 13.9. The van der Waals surface area contributed by atoms with Gasteiger partial charge in [0.1, 0.15) is 89.5 Å². The molecule has 596 valence electrons. The van der Waals surface area contributed by atoms with Crippen LogP contribution in [-0.4, -0.2) is 205 Å². The lowest BCUT2D eigenvalue weighted by Gasteiger charge is -2.48. The van der Waals surface area contributed by atoms with Crippen LogP contribution in [0.3, 0.4) is 0 Å². The monoisotopic (exact) mass is 1570 g/mol. The summed E-state index contributed by atoms with van der Waals surface area (Å²) in [5, 5.41) is 129. The summed E-state index contributed by atoms with van der Waals surface area (Å²) in [4.78, 5) is 118. The third kappa shape index (κ3) is 18.9. The Morgan fingerprint density at radius 1 is 0.700 bits per heavy atom. The maximum absolute atomic E-state index is 16.2. The Bertz CT molecular complexity index is 4260. The molecule has 0 unspecified atom stereocenters. The molecule has 0 saturated carbocycles. The van der Waals surface area contributed by atoms with Gasteiger partial charge in [0.05, 0.1) is 34.7 Å². The molecule has 18 atom stereocenters. The summed E-state index contributed by atoms with van der Waals surface area (Å²) in [7, 11) is 1.48. The summed E-state index contributed by atoms with van der Waals surface area (Å²) in [5.74, 6) is -15.6. The molecule has 0 aliphatic carbocycles. The number of aliphatic hydroxyl groups is 5. The molecule has 7 aliphatic rings. The molecule has 5 aromatic carbocycles. The predicted octanol–water partition coefficient (Wildman–Crippen LogP) is 1.87. The van der Waals surface area contributed by atoms with E-state index in [1.165, 1.54) is 25.2 Å². The van der Waals surface area contributed by atoms with Crippen molar-refractivity contribution in [1.82, 2.24) is 47.9 Å². The summed E-state index contributed by atoms with van der Waals surface area (Å²) < 4.78 is 39.6. The Hall–Kier alpha value is -9.24. The van der Waals surface area contributed by atoms with Crippen LogP contribution in [0.2, 0.25) is 10.0 Å². The highest BCUT2D eigenvalue weighted by atomic mass is 35.5. The average Bonchev–Trinajstić information content (AvgIpc) is 0.767. The molecule has 0 aromatic heterocycles. The van der Waals surface area contributed by atoms with Gasteiger partial charge in [-0.05, 0) is 123 Å². The minimum atomic E-state index is -2.33. The van der Waals surface area contributed by atoms with Gasteiger partial charge in [-0.15, -0.1) is 0 Å². The van der Waals surface area contributed by atoms with Gasteiger partial charge >= 0.3 is 5.97 Å². The van der Waals surface area contributed by atoms with E-state index in [-0.39, 0.29) is 52.0 Å². The van der Waals surface area contributed by atoms with E-state index in [0.29, 0.717) is 13.1 Å². The van der Waals surface area contributed by atoms with Gasteiger partial charge in [-0.3, -0.25) is 33.6 Å². The standard InChI is InChI=1S/C74H93Cl2N11O23/c1-7-8-9-10-17-80-18-19-81-74(5)29-52(105-32(4)65(74)96)109-64-62(95)61(94)50(30-77)108-73(64)110-63-48-24-36-25-49(63)107-47-16-13-35(23-41(47)76)60(93)58-71(102)85-56(72(103)104)39-26-37(88)27-45(90)53(39)38-21-33(11-14-44(38)89)54(68(99)87-58)84-69(100)55(36)83-67(98)43(28-51(78)91)82-70(101)57(86-66(97)42(79-6)20-31(2)3)59(92)34-12-15-46(106-48)40(75)22-34/h11-16,21-27,31-32,42-43,50,52,54-62,64-65,73,79-81,88-90,92-96H,7-10,17-20,28-30,77H2,1-6H3,(H2,78,91)(H,82,101)(H,83,98)(H,84,100)(H,85,102)(H,86,97)(H,87,99)(H,103,104)/t32-,42+,43-,50+,52-,54+,55+,56-,57+,58-,59+,60+,61+,62-,64+,65+,73-,74-/m0/s1. The molecular weight excluding hydrogens is 1480 g/mol. The first-order chi connectivity index (χ1) is 52.2. The SMILES string of the molecule is CCCCCCNCCN[C@@]1(C)C[C@H](O[C@H]2[C@H](Oc3c4cc5cc3Oc3ccc(cc3Cl)[C@@H](O)[C@@H](NC(=O)[C@@H](CC(C)C)NC)C(=O)N[C@@H](CC(N)=O)C(=O)N[C@H]5C(=O)N[C@H]3C(=O)N[C@H](C(=O)N[C@H](C(=O)O)c5cc(O)cc(O)c5-c5cc3ccc5O)[C@H](O)c3ccc(c(Cl)c3)O4)O[C@H](CN)[C@@H](O)[C@@H]2O)O[C@@H](C)[C@H]1O. The van der Waals surface area contributed by atoms with E-state index in [4.69, 9.17) is 63.1 Å². The summed E-state index contributed by atoms with van der Waals surface area (Å²) >= 11 is 14.3. The molecule has 12 rings (SSSR count). The number of carboxylic acid groups (broad SMARTS) is 1. The van der Waals surface area contributed by atoms with Gasteiger partial charge in [-0.1, -0.05) is 81.4 Å². The molecule has 0 spiro atoms. The Morgan fingerprint density at radius 2 is 1.34 bits per heavy atom. The molecule has 7 amide bonds. The van der Waals surface area contributed by atoms with Crippen LogP contribution in [0.25, 0.3) is 11.1 Å². The van der Waals surface area contributed by atoms with E-state index in [1.54, 1.807) is 13.8 Å². The van der Waals surface area contributed by atoms with Crippen LogP contribution in [0.15, 0.2) is 78.9 Å². The molecule has 2 fully saturated rings. The van der Waals surface area contributed by atoms with Crippen LogP contribution in [-0.2, 0) is 52.6 Å². The first kappa shape index (κ1) is 83.2. The number of ether oxygens (including phenoxy) is 6. The second-order valence-electron chi connectivity index (χ2n) is 28.4. The van der Waals surface area contributed by atoms with E-state index in [1.807, 2.05) is 13.8 Å². The van der Waals surface area contributed by atoms with Gasteiger partial charge in [0.2, 0.25) is 53.4 Å². The second kappa shape index (κ2) is 35.8.